The van der Waals surface area contributed by atoms with Crippen molar-refractivity contribution in [3.05, 3.63) is 0 Å². The fourth-order valence-electron chi connectivity index (χ4n) is 4.13. The summed E-state index contributed by atoms with van der Waals surface area (Å²) in [4.78, 5) is 38.1. The van der Waals surface area contributed by atoms with E-state index in [0.29, 0.717) is 6.42 Å². The van der Waals surface area contributed by atoms with Gasteiger partial charge in [-0.2, -0.15) is 0 Å². The topological polar surface area (TPSA) is 121 Å². The van der Waals surface area contributed by atoms with Crippen LogP contribution in [0.3, 0.4) is 0 Å². The highest BCUT2D eigenvalue weighted by atomic mass is 16.5. The van der Waals surface area contributed by atoms with E-state index in [4.69, 9.17) is 4.74 Å². The first-order valence-corrected chi connectivity index (χ1v) is 10.1. The van der Waals surface area contributed by atoms with Crippen LogP contribution in [0.1, 0.15) is 61.3 Å². The highest BCUT2D eigenvalue weighted by Crippen LogP contribution is 2.31. The maximum absolute atomic E-state index is 12.8. The third-order valence-corrected chi connectivity index (χ3v) is 6.29. The van der Waals surface area contributed by atoms with E-state index in [0.717, 1.165) is 0 Å². The number of rotatable bonds is 1. The first-order chi connectivity index (χ1) is 12.8. The van der Waals surface area contributed by atoms with E-state index in [9.17, 15) is 29.7 Å². The number of carbonyl (C=O) groups is 3. The molecule has 7 nitrogen and oxygen atoms in total. The van der Waals surface area contributed by atoms with Crippen LogP contribution >= 0.6 is 0 Å². The Kier molecular flexibility index (Phi) is 8.35. The average Bonchev–Trinajstić information content (AvgIpc) is 2.65. The largest absolute Gasteiger partial charge is 0.462 e. The molecule has 1 aliphatic rings. The highest BCUT2D eigenvalue weighted by Gasteiger charge is 2.44. The standard InChI is InChI=1S/C21H36O7/c1-8-15-11(3)17(23)12(4)16(22)10(2)9-21(7,27)19(25)13(5)18(24)14(6)20(26)28-15/h10-15,17-18,23-24,27H,8-9H2,1-7H3. The average molecular weight is 401 g/mol. The third-order valence-electron chi connectivity index (χ3n) is 6.29. The van der Waals surface area contributed by atoms with Crippen molar-refractivity contribution in [1.29, 1.82) is 0 Å². The summed E-state index contributed by atoms with van der Waals surface area (Å²) >= 11 is 0. The quantitative estimate of drug-likeness (QED) is 0.570. The van der Waals surface area contributed by atoms with Crippen molar-refractivity contribution in [3.63, 3.8) is 0 Å². The number of cyclic esters (lactones) is 1. The SMILES string of the molecule is CCC1OC(=O)C(C)C(O)C(C)C(=O)C(C)(O)CC(C)C(=O)C(C)C(O)C1C. The first kappa shape index (κ1) is 24.7. The first-order valence-electron chi connectivity index (χ1n) is 10.1. The van der Waals surface area contributed by atoms with Crippen molar-refractivity contribution in [3.8, 4) is 0 Å². The second kappa shape index (κ2) is 9.46. The molecular weight excluding hydrogens is 364 g/mol. The molecule has 28 heavy (non-hydrogen) atoms. The smallest absolute Gasteiger partial charge is 0.311 e. The van der Waals surface area contributed by atoms with Crippen LogP contribution < -0.4 is 0 Å². The molecule has 7 heteroatoms. The van der Waals surface area contributed by atoms with E-state index in [1.807, 2.05) is 6.92 Å². The lowest BCUT2D eigenvalue weighted by Crippen LogP contribution is -2.49. The fraction of sp³-hybridized carbons (Fsp3) is 0.857. The van der Waals surface area contributed by atoms with Gasteiger partial charge >= 0.3 is 5.97 Å². The van der Waals surface area contributed by atoms with Gasteiger partial charge in [-0.1, -0.05) is 34.6 Å². The van der Waals surface area contributed by atoms with E-state index in [1.54, 1.807) is 20.8 Å². The summed E-state index contributed by atoms with van der Waals surface area (Å²) in [6.45, 7) is 11.0. The van der Waals surface area contributed by atoms with Crippen molar-refractivity contribution in [2.45, 2.75) is 85.2 Å². The second-order valence-electron chi connectivity index (χ2n) is 8.74. The lowest BCUT2D eigenvalue weighted by atomic mass is 9.76. The van der Waals surface area contributed by atoms with Gasteiger partial charge in [-0.25, -0.2) is 0 Å². The van der Waals surface area contributed by atoms with Gasteiger partial charge in [-0.15, -0.1) is 0 Å². The number of hydrogen-bond acceptors (Lipinski definition) is 7. The van der Waals surface area contributed by atoms with Gasteiger partial charge in [-0.3, -0.25) is 14.4 Å². The molecule has 9 atom stereocenters. The van der Waals surface area contributed by atoms with E-state index >= 15 is 0 Å². The molecule has 0 amide bonds. The van der Waals surface area contributed by atoms with Gasteiger partial charge in [0.15, 0.2) is 5.78 Å². The van der Waals surface area contributed by atoms with Crippen LogP contribution in [0.5, 0.6) is 0 Å². The molecule has 1 aliphatic heterocycles. The highest BCUT2D eigenvalue weighted by molar-refractivity contribution is 5.91. The summed E-state index contributed by atoms with van der Waals surface area (Å²) in [5.74, 6) is -5.47. The summed E-state index contributed by atoms with van der Waals surface area (Å²) in [7, 11) is 0. The molecule has 1 fully saturated rings. The van der Waals surface area contributed by atoms with E-state index in [2.05, 4.69) is 0 Å². The monoisotopic (exact) mass is 400 g/mol. The number of aliphatic hydroxyl groups excluding tert-OH is 2. The van der Waals surface area contributed by atoms with Gasteiger partial charge in [-0.05, 0) is 26.7 Å². The molecule has 0 saturated carbocycles. The summed E-state index contributed by atoms with van der Waals surface area (Å²) in [6, 6.07) is 0. The summed E-state index contributed by atoms with van der Waals surface area (Å²) < 4.78 is 5.51. The summed E-state index contributed by atoms with van der Waals surface area (Å²) in [6.07, 6.45) is -2.69. The Bertz CT molecular complexity index is 585. The number of aliphatic hydroxyl groups is 3. The van der Waals surface area contributed by atoms with Crippen molar-refractivity contribution < 1.29 is 34.4 Å². The lowest BCUT2D eigenvalue weighted by molar-refractivity contribution is -0.167. The molecule has 0 spiro atoms. The zero-order valence-corrected chi connectivity index (χ0v) is 18.0. The van der Waals surface area contributed by atoms with Crippen LogP contribution in [-0.4, -0.2) is 56.8 Å². The van der Waals surface area contributed by atoms with Crippen molar-refractivity contribution in [1.82, 2.24) is 0 Å². The Morgan fingerprint density at radius 1 is 0.964 bits per heavy atom. The van der Waals surface area contributed by atoms with Crippen LogP contribution in [0.4, 0.5) is 0 Å². The molecule has 1 rings (SSSR count). The van der Waals surface area contributed by atoms with Gasteiger partial charge in [0.25, 0.3) is 0 Å². The van der Waals surface area contributed by atoms with E-state index in [1.165, 1.54) is 20.8 Å². The zero-order valence-electron chi connectivity index (χ0n) is 18.0. The Balaban J connectivity index is 3.34. The molecule has 0 bridgehead atoms. The number of ketones is 2. The maximum Gasteiger partial charge on any atom is 0.311 e. The molecule has 1 saturated heterocycles. The predicted molar refractivity (Wildman–Crippen MR) is 103 cm³/mol. The molecule has 3 N–H and O–H groups in total. The molecule has 0 radical (unpaired) electrons. The number of esters is 1. The predicted octanol–water partition coefficient (Wildman–Crippen LogP) is 1.50. The molecule has 0 aliphatic carbocycles. The van der Waals surface area contributed by atoms with Gasteiger partial charge < -0.3 is 20.1 Å². The lowest BCUT2D eigenvalue weighted by Gasteiger charge is -2.35. The van der Waals surface area contributed by atoms with Gasteiger partial charge in [0, 0.05) is 23.7 Å². The molecule has 0 aromatic rings. The maximum atomic E-state index is 12.8. The minimum Gasteiger partial charge on any atom is -0.462 e. The Hall–Kier alpha value is -1.31. The minimum atomic E-state index is -1.84. The Labute approximate surface area is 167 Å². The molecule has 0 aromatic carbocycles. The van der Waals surface area contributed by atoms with Crippen LogP contribution in [0.25, 0.3) is 0 Å². The molecule has 9 unspecified atom stereocenters. The number of carbonyl (C=O) groups excluding carboxylic acids is 3. The molecular formula is C21H36O7. The normalized spacial score (nSPS) is 44.7. The molecule has 0 aromatic heterocycles. The third kappa shape index (κ3) is 5.19. The summed E-state index contributed by atoms with van der Waals surface area (Å²) in [5, 5.41) is 31.9. The Morgan fingerprint density at radius 3 is 2.00 bits per heavy atom. The van der Waals surface area contributed by atoms with Gasteiger partial charge in [0.2, 0.25) is 0 Å². The van der Waals surface area contributed by atoms with Gasteiger partial charge in [0.1, 0.15) is 17.5 Å². The van der Waals surface area contributed by atoms with E-state index < -0.39 is 65.3 Å². The fourth-order valence-corrected chi connectivity index (χ4v) is 4.13. The Morgan fingerprint density at radius 2 is 1.50 bits per heavy atom. The minimum absolute atomic E-state index is 0.122. The van der Waals surface area contributed by atoms with Crippen LogP contribution in [0.15, 0.2) is 0 Å². The molecule has 1 heterocycles. The van der Waals surface area contributed by atoms with Crippen LogP contribution in [-0.2, 0) is 19.1 Å². The van der Waals surface area contributed by atoms with Crippen molar-refractivity contribution >= 4 is 17.5 Å². The zero-order chi connectivity index (χ0) is 22.0. The number of hydrogen-bond donors (Lipinski definition) is 3. The summed E-state index contributed by atoms with van der Waals surface area (Å²) in [5.41, 5.74) is -1.84. The van der Waals surface area contributed by atoms with Crippen molar-refractivity contribution in [2.24, 2.45) is 29.6 Å². The van der Waals surface area contributed by atoms with Crippen molar-refractivity contribution in [2.75, 3.05) is 0 Å². The second-order valence-corrected chi connectivity index (χ2v) is 8.74. The molecule has 162 valence electrons. The number of Topliss-reactive ketones (excluding diaryl/α,β-unsaturated/α-hetero) is 2. The van der Waals surface area contributed by atoms with Crippen LogP contribution in [0.2, 0.25) is 0 Å². The van der Waals surface area contributed by atoms with Gasteiger partial charge in [0.05, 0.1) is 18.1 Å². The van der Waals surface area contributed by atoms with Crippen LogP contribution in [0, 0.1) is 29.6 Å². The number of ether oxygens (including phenoxy) is 1. The van der Waals surface area contributed by atoms with E-state index in [-0.39, 0.29) is 12.2 Å².